The fourth-order valence-electron chi connectivity index (χ4n) is 9.06. The maximum Gasteiger partial charge on any atom is 0.147 e. The minimum atomic E-state index is -0.473. The molecule has 1 aromatic heterocycles. The van der Waals surface area contributed by atoms with Gasteiger partial charge in [0.2, 0.25) is 0 Å². The zero-order valence-electron chi connectivity index (χ0n) is 30.8. The first-order valence-corrected chi connectivity index (χ1v) is 19.0. The molecule has 55 heavy (non-hydrogen) atoms. The van der Waals surface area contributed by atoms with Crippen molar-refractivity contribution >= 4 is 50.3 Å². The molecule has 0 fully saturated rings. The number of hydrogen-bond donors (Lipinski definition) is 2. The van der Waals surface area contributed by atoms with E-state index in [-0.39, 0.29) is 11.3 Å². The molecule has 2 N–H and O–H groups in total. The maximum absolute atomic E-state index is 10.7. The topological polar surface area (TPSA) is 65.1 Å². The SMILES string of the molecule is CC1(C)c2ccccc2Nc2ccc3c(c21)c1ccccc1n3C1=CCC(c2ccccc2)C=C1C1N=C(c2ccccc2)C(C#N)=C(c2ccccc2)N1. The summed E-state index contributed by atoms with van der Waals surface area (Å²) in [6, 6.07) is 55.6. The first-order chi connectivity index (χ1) is 27.0. The number of aliphatic imine (C=N–C) groups is 1. The standard InChI is InChI=1S/C50H39N5/c1-50(2)39-23-13-14-24-40(39)52-41-27-29-44-45(46(41)50)36-22-12-15-25-42(36)55(44)43-28-26-35(32-16-6-3-7-17-32)30-37(43)49-53-47(33-18-8-4-9-19-33)38(31-51)48(54-49)34-20-10-5-11-21-34/h3-25,27-30,35,49,52-53H,26H2,1-2H3. The van der Waals surface area contributed by atoms with Gasteiger partial charge >= 0.3 is 0 Å². The molecule has 0 spiro atoms. The molecule has 3 aliphatic rings. The number of aromatic nitrogens is 1. The smallest absolute Gasteiger partial charge is 0.147 e. The summed E-state index contributed by atoms with van der Waals surface area (Å²) in [5.74, 6) is 0.152. The molecule has 264 valence electrons. The third-order valence-electron chi connectivity index (χ3n) is 11.6. The Bertz CT molecular complexity index is 2810. The summed E-state index contributed by atoms with van der Waals surface area (Å²) in [5, 5.41) is 20.8. The molecule has 3 heterocycles. The second kappa shape index (κ2) is 12.9. The molecular formula is C50H39N5. The van der Waals surface area contributed by atoms with Crippen LogP contribution in [-0.4, -0.2) is 16.4 Å². The van der Waals surface area contributed by atoms with E-state index in [9.17, 15) is 5.26 Å². The van der Waals surface area contributed by atoms with Gasteiger partial charge in [-0.15, -0.1) is 0 Å². The van der Waals surface area contributed by atoms with Gasteiger partial charge in [-0.3, -0.25) is 4.99 Å². The van der Waals surface area contributed by atoms with Crippen molar-refractivity contribution in [2.75, 3.05) is 5.32 Å². The van der Waals surface area contributed by atoms with Crippen molar-refractivity contribution < 1.29 is 0 Å². The van der Waals surface area contributed by atoms with Gasteiger partial charge in [-0.25, -0.2) is 0 Å². The number of fused-ring (bicyclic) bond motifs is 6. The minimum absolute atomic E-state index is 0.152. The van der Waals surface area contributed by atoms with Crippen molar-refractivity contribution in [1.29, 1.82) is 5.26 Å². The highest BCUT2D eigenvalue weighted by atomic mass is 15.1. The van der Waals surface area contributed by atoms with Crippen LogP contribution in [0.1, 0.15) is 54.0 Å². The predicted molar refractivity (Wildman–Crippen MR) is 226 cm³/mol. The molecule has 10 rings (SSSR count). The summed E-state index contributed by atoms with van der Waals surface area (Å²) in [6.45, 7) is 4.70. The Morgan fingerprint density at radius 3 is 2.15 bits per heavy atom. The molecule has 2 atom stereocenters. The van der Waals surface area contributed by atoms with Crippen molar-refractivity contribution in [3.63, 3.8) is 0 Å². The van der Waals surface area contributed by atoms with Gasteiger partial charge in [-0.05, 0) is 52.9 Å². The monoisotopic (exact) mass is 709 g/mol. The summed E-state index contributed by atoms with van der Waals surface area (Å²) in [4.78, 5) is 5.46. The van der Waals surface area contributed by atoms with Crippen LogP contribution in [0.5, 0.6) is 0 Å². The first-order valence-electron chi connectivity index (χ1n) is 19.0. The second-order valence-electron chi connectivity index (χ2n) is 15.1. The van der Waals surface area contributed by atoms with Crippen molar-refractivity contribution in [3.05, 3.63) is 203 Å². The molecule has 6 aromatic carbocycles. The zero-order chi connectivity index (χ0) is 37.1. The first kappa shape index (κ1) is 32.7. The van der Waals surface area contributed by atoms with Crippen molar-refractivity contribution in [1.82, 2.24) is 9.88 Å². The van der Waals surface area contributed by atoms with Crippen LogP contribution in [0.15, 0.2) is 180 Å². The molecule has 2 aliphatic heterocycles. The highest BCUT2D eigenvalue weighted by Gasteiger charge is 2.37. The summed E-state index contributed by atoms with van der Waals surface area (Å²) in [7, 11) is 0. The molecule has 2 unspecified atom stereocenters. The van der Waals surface area contributed by atoms with Crippen LogP contribution in [0.4, 0.5) is 11.4 Å². The Labute approximate surface area is 321 Å². The van der Waals surface area contributed by atoms with E-state index in [0.717, 1.165) is 56.9 Å². The molecule has 0 bridgehead atoms. The van der Waals surface area contributed by atoms with Crippen molar-refractivity contribution in [2.24, 2.45) is 4.99 Å². The molecule has 7 aromatic rings. The average Bonchev–Trinajstić information content (AvgIpc) is 3.58. The van der Waals surface area contributed by atoms with Crippen LogP contribution in [0.2, 0.25) is 0 Å². The Morgan fingerprint density at radius 2 is 1.38 bits per heavy atom. The number of rotatable bonds is 5. The van der Waals surface area contributed by atoms with E-state index in [2.05, 4.69) is 150 Å². The van der Waals surface area contributed by atoms with Gasteiger partial charge in [0.15, 0.2) is 0 Å². The van der Waals surface area contributed by atoms with E-state index in [1.54, 1.807) is 0 Å². The van der Waals surface area contributed by atoms with Crippen molar-refractivity contribution in [2.45, 2.75) is 37.8 Å². The Balaban J connectivity index is 1.21. The van der Waals surface area contributed by atoms with E-state index in [1.807, 2.05) is 48.5 Å². The molecule has 5 heteroatoms. The molecule has 0 saturated heterocycles. The molecule has 0 amide bonds. The van der Waals surface area contributed by atoms with Gasteiger partial charge in [-0.2, -0.15) is 5.26 Å². The number of nitrogens with zero attached hydrogens (tertiary/aromatic N) is 3. The highest BCUT2D eigenvalue weighted by Crippen LogP contribution is 2.51. The summed E-state index contributed by atoms with van der Waals surface area (Å²) in [6.07, 6.45) is 5.19. The maximum atomic E-state index is 10.7. The lowest BCUT2D eigenvalue weighted by atomic mass is 9.73. The molecule has 1 aliphatic carbocycles. The third-order valence-corrected chi connectivity index (χ3v) is 11.6. The minimum Gasteiger partial charge on any atom is -0.358 e. The molecular weight excluding hydrogens is 671 g/mol. The van der Waals surface area contributed by atoms with Crippen LogP contribution < -0.4 is 10.6 Å². The number of hydrogen-bond acceptors (Lipinski definition) is 4. The zero-order valence-corrected chi connectivity index (χ0v) is 30.8. The summed E-state index contributed by atoms with van der Waals surface area (Å²) < 4.78 is 2.46. The number of benzene rings is 6. The number of para-hydroxylation sites is 2. The van der Waals surface area contributed by atoms with Crippen molar-refractivity contribution in [3.8, 4) is 6.07 Å². The van der Waals surface area contributed by atoms with E-state index >= 15 is 0 Å². The third kappa shape index (κ3) is 5.25. The van der Waals surface area contributed by atoms with Crippen LogP contribution in [0.25, 0.3) is 33.2 Å². The van der Waals surface area contributed by atoms with E-state index in [1.165, 1.54) is 27.5 Å². The fourth-order valence-corrected chi connectivity index (χ4v) is 9.06. The molecule has 0 radical (unpaired) electrons. The van der Waals surface area contributed by atoms with Crippen LogP contribution in [0, 0.1) is 11.3 Å². The lowest BCUT2D eigenvalue weighted by Crippen LogP contribution is -2.36. The number of allylic oxidation sites excluding steroid dienone is 3. The predicted octanol–water partition coefficient (Wildman–Crippen LogP) is 11.5. The summed E-state index contributed by atoms with van der Waals surface area (Å²) >= 11 is 0. The van der Waals surface area contributed by atoms with Crippen LogP contribution in [0.3, 0.4) is 0 Å². The van der Waals surface area contributed by atoms with Gasteiger partial charge < -0.3 is 15.2 Å². The number of anilines is 2. The van der Waals surface area contributed by atoms with Gasteiger partial charge in [0.05, 0.1) is 22.4 Å². The Hall–Kier alpha value is -6.90. The fraction of sp³-hybridized carbons (Fsp3) is 0.120. The Kier molecular flexibility index (Phi) is 7.67. The van der Waals surface area contributed by atoms with Crippen LogP contribution in [-0.2, 0) is 5.41 Å². The number of nitrogens with one attached hydrogen (secondary N) is 2. The lowest BCUT2D eigenvalue weighted by Gasteiger charge is -2.36. The normalized spacial score (nSPS) is 18.6. The van der Waals surface area contributed by atoms with Crippen LogP contribution >= 0.6 is 0 Å². The lowest BCUT2D eigenvalue weighted by molar-refractivity contribution is 0.644. The molecule has 5 nitrogen and oxygen atoms in total. The van der Waals surface area contributed by atoms with Gasteiger partial charge in [0.1, 0.15) is 17.8 Å². The van der Waals surface area contributed by atoms with Gasteiger partial charge in [0, 0.05) is 50.3 Å². The Morgan fingerprint density at radius 1 is 0.709 bits per heavy atom. The quantitative estimate of drug-likeness (QED) is 0.187. The number of nitriles is 1. The summed E-state index contributed by atoms with van der Waals surface area (Å²) in [5.41, 5.74) is 14.3. The van der Waals surface area contributed by atoms with Gasteiger partial charge in [-0.1, -0.05) is 153 Å². The molecule has 0 saturated carbocycles. The second-order valence-corrected chi connectivity index (χ2v) is 15.1. The highest BCUT2D eigenvalue weighted by molar-refractivity contribution is 6.20. The van der Waals surface area contributed by atoms with Gasteiger partial charge in [0.25, 0.3) is 0 Å². The van der Waals surface area contributed by atoms with E-state index in [0.29, 0.717) is 11.3 Å². The van der Waals surface area contributed by atoms with E-state index in [4.69, 9.17) is 4.99 Å². The average molecular weight is 710 g/mol. The van der Waals surface area contributed by atoms with E-state index < -0.39 is 6.17 Å². The largest absolute Gasteiger partial charge is 0.358 e.